The van der Waals surface area contributed by atoms with Gasteiger partial charge in [0.05, 0.1) is 0 Å². The van der Waals surface area contributed by atoms with Crippen LogP contribution in [0.25, 0.3) is 0 Å². The van der Waals surface area contributed by atoms with Crippen LogP contribution >= 0.6 is 0 Å². The highest BCUT2D eigenvalue weighted by Gasteiger charge is 2.09. The molecule has 1 heterocycles. The molecule has 0 aliphatic rings. The molecule has 5 nitrogen and oxygen atoms in total. The summed E-state index contributed by atoms with van der Waals surface area (Å²) in [4.78, 5) is 25.1. The average molecular weight is 223 g/mol. The molecule has 16 heavy (non-hydrogen) atoms. The average Bonchev–Trinajstić information content (AvgIpc) is 2.26. The van der Waals surface area contributed by atoms with Gasteiger partial charge in [-0.3, -0.25) is 9.59 Å². The number of hydrogen-bond donors (Lipinski definition) is 3. The lowest BCUT2D eigenvalue weighted by Crippen LogP contribution is -2.33. The van der Waals surface area contributed by atoms with E-state index in [1.165, 1.54) is 12.3 Å². The molecule has 0 aliphatic carbocycles. The number of aromatic amines is 1. The van der Waals surface area contributed by atoms with Gasteiger partial charge in [-0.15, -0.1) is 0 Å². The summed E-state index contributed by atoms with van der Waals surface area (Å²) in [6, 6.07) is 2.92. The fourth-order valence-electron chi connectivity index (χ4n) is 1.39. The second-order valence-electron chi connectivity index (χ2n) is 3.75. The summed E-state index contributed by atoms with van der Waals surface area (Å²) in [5.41, 5.74) is 5.48. The van der Waals surface area contributed by atoms with Crippen molar-refractivity contribution in [2.45, 2.75) is 25.8 Å². The van der Waals surface area contributed by atoms with Crippen LogP contribution in [0, 0.1) is 0 Å². The van der Waals surface area contributed by atoms with E-state index in [-0.39, 0.29) is 17.5 Å². The summed E-state index contributed by atoms with van der Waals surface area (Å²) < 4.78 is 0. The Hall–Kier alpha value is -1.62. The van der Waals surface area contributed by atoms with Gasteiger partial charge in [-0.05, 0) is 32.4 Å². The van der Waals surface area contributed by atoms with Gasteiger partial charge in [0.1, 0.15) is 0 Å². The second-order valence-corrected chi connectivity index (χ2v) is 3.75. The lowest BCUT2D eigenvalue weighted by molar-refractivity contribution is 0.0938. The third-order valence-electron chi connectivity index (χ3n) is 2.26. The number of H-pyrrole nitrogens is 1. The van der Waals surface area contributed by atoms with E-state index < -0.39 is 0 Å². The third-order valence-corrected chi connectivity index (χ3v) is 2.26. The van der Waals surface area contributed by atoms with Crippen molar-refractivity contribution in [2.75, 3.05) is 6.54 Å². The first-order valence-electron chi connectivity index (χ1n) is 5.33. The van der Waals surface area contributed by atoms with E-state index in [0.717, 1.165) is 12.8 Å². The van der Waals surface area contributed by atoms with E-state index in [2.05, 4.69) is 10.3 Å². The van der Waals surface area contributed by atoms with Crippen molar-refractivity contribution in [3.05, 3.63) is 34.2 Å². The number of pyridine rings is 1. The fourth-order valence-corrected chi connectivity index (χ4v) is 1.39. The zero-order valence-electron chi connectivity index (χ0n) is 9.32. The highest BCUT2D eigenvalue weighted by atomic mass is 16.2. The maximum absolute atomic E-state index is 11.7. The maximum Gasteiger partial charge on any atom is 0.251 e. The number of carbonyl (C=O) groups excluding carboxylic acids is 1. The predicted molar refractivity (Wildman–Crippen MR) is 62.3 cm³/mol. The minimum atomic E-state index is -0.276. The maximum atomic E-state index is 11.7. The molecule has 0 aliphatic heterocycles. The van der Waals surface area contributed by atoms with Crippen molar-refractivity contribution in [1.82, 2.24) is 10.3 Å². The number of nitrogens with one attached hydrogen (secondary N) is 2. The Bertz CT molecular complexity index is 400. The first-order chi connectivity index (χ1) is 7.63. The quantitative estimate of drug-likeness (QED) is 0.667. The van der Waals surface area contributed by atoms with Gasteiger partial charge in [0.2, 0.25) is 5.56 Å². The zero-order valence-corrected chi connectivity index (χ0v) is 9.32. The van der Waals surface area contributed by atoms with Crippen LogP contribution in [-0.2, 0) is 0 Å². The standard InChI is InChI=1S/C11H17N3O2/c1-8(3-2-5-12)14-11(16)9-4-6-13-10(15)7-9/h4,6-8H,2-3,5,12H2,1H3,(H,13,15)(H,14,16). The highest BCUT2D eigenvalue weighted by molar-refractivity contribution is 5.94. The molecule has 1 aromatic heterocycles. The minimum absolute atomic E-state index is 0.0651. The first-order valence-corrected chi connectivity index (χ1v) is 5.33. The molecule has 1 unspecified atom stereocenters. The number of nitrogens with two attached hydrogens (primary N) is 1. The van der Waals surface area contributed by atoms with Crippen LogP contribution in [0.1, 0.15) is 30.1 Å². The summed E-state index contributed by atoms with van der Waals surface area (Å²) in [6.07, 6.45) is 3.17. The van der Waals surface area contributed by atoms with Crippen LogP contribution in [0.4, 0.5) is 0 Å². The topological polar surface area (TPSA) is 88.0 Å². The smallest absolute Gasteiger partial charge is 0.251 e. The van der Waals surface area contributed by atoms with Crippen LogP contribution in [-0.4, -0.2) is 23.5 Å². The first kappa shape index (κ1) is 12.4. The van der Waals surface area contributed by atoms with Gasteiger partial charge in [-0.1, -0.05) is 0 Å². The van der Waals surface area contributed by atoms with Crippen molar-refractivity contribution in [3.63, 3.8) is 0 Å². The molecule has 0 saturated carbocycles. The molecule has 0 spiro atoms. The van der Waals surface area contributed by atoms with Crippen molar-refractivity contribution < 1.29 is 4.79 Å². The van der Waals surface area contributed by atoms with E-state index in [0.29, 0.717) is 12.1 Å². The molecule has 0 radical (unpaired) electrons. The van der Waals surface area contributed by atoms with Crippen LogP contribution in [0.15, 0.2) is 23.1 Å². The summed E-state index contributed by atoms with van der Waals surface area (Å²) in [5, 5.41) is 2.81. The Labute approximate surface area is 94.1 Å². The van der Waals surface area contributed by atoms with E-state index in [1.54, 1.807) is 6.07 Å². The van der Waals surface area contributed by atoms with Crippen molar-refractivity contribution in [3.8, 4) is 0 Å². The normalized spacial score (nSPS) is 12.1. The molecule has 0 bridgehead atoms. The predicted octanol–water partition coefficient (Wildman–Crippen LogP) is 0.232. The van der Waals surface area contributed by atoms with E-state index >= 15 is 0 Å². The molecular weight excluding hydrogens is 206 g/mol. The SMILES string of the molecule is CC(CCCN)NC(=O)c1cc[nH]c(=O)c1. The van der Waals surface area contributed by atoms with Gasteiger partial charge in [0, 0.05) is 23.9 Å². The van der Waals surface area contributed by atoms with E-state index in [9.17, 15) is 9.59 Å². The van der Waals surface area contributed by atoms with Crippen molar-refractivity contribution in [1.29, 1.82) is 0 Å². The lowest BCUT2D eigenvalue weighted by Gasteiger charge is -2.12. The largest absolute Gasteiger partial charge is 0.350 e. The molecule has 1 atom stereocenters. The molecule has 0 aromatic carbocycles. The lowest BCUT2D eigenvalue weighted by atomic mass is 10.1. The van der Waals surface area contributed by atoms with Crippen LogP contribution in [0.3, 0.4) is 0 Å². The Morgan fingerprint density at radius 1 is 1.62 bits per heavy atom. The second kappa shape index (κ2) is 6.07. The van der Waals surface area contributed by atoms with Crippen LogP contribution < -0.4 is 16.6 Å². The van der Waals surface area contributed by atoms with E-state index in [1.807, 2.05) is 6.92 Å². The van der Waals surface area contributed by atoms with Crippen LogP contribution in [0.2, 0.25) is 0 Å². The Kier molecular flexibility index (Phi) is 4.72. The molecule has 5 heteroatoms. The Morgan fingerprint density at radius 3 is 3.00 bits per heavy atom. The summed E-state index contributed by atoms with van der Waals surface area (Å²) in [5.74, 6) is -0.226. The minimum Gasteiger partial charge on any atom is -0.350 e. The number of carbonyl (C=O) groups is 1. The van der Waals surface area contributed by atoms with Gasteiger partial charge >= 0.3 is 0 Å². The molecule has 1 rings (SSSR count). The van der Waals surface area contributed by atoms with Gasteiger partial charge in [0.15, 0.2) is 0 Å². The van der Waals surface area contributed by atoms with Crippen molar-refractivity contribution in [2.24, 2.45) is 5.73 Å². The molecule has 88 valence electrons. The molecule has 0 fully saturated rings. The van der Waals surface area contributed by atoms with Gasteiger partial charge in [0.25, 0.3) is 5.91 Å². The van der Waals surface area contributed by atoms with Crippen molar-refractivity contribution >= 4 is 5.91 Å². The molecule has 1 aromatic rings. The monoisotopic (exact) mass is 223 g/mol. The third kappa shape index (κ3) is 3.86. The summed E-state index contributed by atoms with van der Waals surface area (Å²) in [7, 11) is 0. The van der Waals surface area contributed by atoms with Gasteiger partial charge in [-0.25, -0.2) is 0 Å². The zero-order chi connectivity index (χ0) is 12.0. The molecular formula is C11H17N3O2. The summed E-state index contributed by atoms with van der Waals surface area (Å²) >= 11 is 0. The Balaban J connectivity index is 2.55. The summed E-state index contributed by atoms with van der Waals surface area (Å²) in [6.45, 7) is 2.53. The number of hydrogen-bond acceptors (Lipinski definition) is 3. The van der Waals surface area contributed by atoms with Gasteiger partial charge in [-0.2, -0.15) is 0 Å². The van der Waals surface area contributed by atoms with Crippen LogP contribution in [0.5, 0.6) is 0 Å². The Morgan fingerprint density at radius 2 is 2.38 bits per heavy atom. The molecule has 4 N–H and O–H groups in total. The van der Waals surface area contributed by atoms with Gasteiger partial charge < -0.3 is 16.0 Å². The highest BCUT2D eigenvalue weighted by Crippen LogP contribution is 1.98. The number of amides is 1. The number of rotatable bonds is 5. The number of aromatic nitrogens is 1. The van der Waals surface area contributed by atoms with E-state index in [4.69, 9.17) is 5.73 Å². The molecule has 1 amide bonds. The fraction of sp³-hybridized carbons (Fsp3) is 0.455. The molecule has 0 saturated heterocycles.